The first-order valence-corrected chi connectivity index (χ1v) is 9.02. The Hall–Kier alpha value is -2.30. The predicted molar refractivity (Wildman–Crippen MR) is 103 cm³/mol. The quantitative estimate of drug-likeness (QED) is 0.518. The minimum absolute atomic E-state index is 0.530. The number of nitrogens with zero attached hydrogens (tertiary/aromatic N) is 5. The van der Waals surface area contributed by atoms with Gasteiger partial charge in [0.1, 0.15) is 12.0 Å². The van der Waals surface area contributed by atoms with Crippen LogP contribution in [0.25, 0.3) is 5.65 Å². The normalized spacial score (nSPS) is 17.8. The van der Waals surface area contributed by atoms with Crippen molar-refractivity contribution >= 4 is 23.3 Å². The minimum atomic E-state index is 0.530. The van der Waals surface area contributed by atoms with E-state index in [0.29, 0.717) is 11.6 Å². The van der Waals surface area contributed by atoms with Gasteiger partial charge in [0.05, 0.1) is 4.91 Å². The largest absolute Gasteiger partial charge is 0.404 e. The van der Waals surface area contributed by atoms with Gasteiger partial charge in [-0.15, -0.1) is 6.42 Å². The topological polar surface area (TPSA) is 71.8 Å². The Kier molecular flexibility index (Phi) is 5.41. The summed E-state index contributed by atoms with van der Waals surface area (Å²) < 4.78 is 4.16. The molecule has 7 heteroatoms. The van der Waals surface area contributed by atoms with Crippen molar-refractivity contribution in [2.45, 2.75) is 25.7 Å². The van der Waals surface area contributed by atoms with E-state index >= 15 is 0 Å². The number of nitrogens with two attached hydrogens (primary N) is 1. The van der Waals surface area contributed by atoms with Crippen LogP contribution in [0.1, 0.15) is 29.9 Å². The second kappa shape index (κ2) is 7.72. The molecule has 0 radical (unpaired) electrons. The maximum atomic E-state index is 5.72. The molecule has 6 nitrogen and oxygen atoms in total. The monoisotopic (exact) mass is 354 g/mol. The zero-order valence-electron chi connectivity index (χ0n) is 14.5. The first-order chi connectivity index (χ1) is 12.2. The molecule has 2 aromatic rings. The summed E-state index contributed by atoms with van der Waals surface area (Å²) in [6, 6.07) is 2.11. The van der Waals surface area contributed by atoms with E-state index in [1.54, 1.807) is 31.5 Å². The van der Waals surface area contributed by atoms with Crippen LogP contribution in [0, 0.1) is 19.3 Å². The summed E-state index contributed by atoms with van der Waals surface area (Å²) in [5.41, 5.74) is 9.85. The third-order valence-corrected chi connectivity index (χ3v) is 5.68. The molecule has 25 heavy (non-hydrogen) atoms. The van der Waals surface area contributed by atoms with Crippen LogP contribution >= 0.6 is 11.9 Å². The maximum absolute atomic E-state index is 5.72. The van der Waals surface area contributed by atoms with E-state index in [1.165, 1.54) is 11.1 Å². The van der Waals surface area contributed by atoms with Crippen LogP contribution in [0.3, 0.4) is 0 Å². The van der Waals surface area contributed by atoms with Gasteiger partial charge in [-0.3, -0.25) is 4.99 Å². The predicted octanol–water partition coefficient (Wildman–Crippen LogP) is 2.37. The number of piperidine rings is 1. The number of aromatic nitrogens is 3. The van der Waals surface area contributed by atoms with E-state index in [4.69, 9.17) is 12.2 Å². The van der Waals surface area contributed by atoms with Gasteiger partial charge in [-0.1, -0.05) is 0 Å². The lowest BCUT2D eigenvalue weighted by molar-refractivity contribution is 0.346. The molecule has 1 saturated heterocycles. The average Bonchev–Trinajstić information content (AvgIpc) is 3.09. The fraction of sp³-hybridized carbons (Fsp3) is 0.389. The summed E-state index contributed by atoms with van der Waals surface area (Å²) in [5, 5.41) is 4.26. The highest BCUT2D eigenvalue weighted by Crippen LogP contribution is 2.34. The lowest BCUT2D eigenvalue weighted by atomic mass is 9.89. The second-order valence-electron chi connectivity index (χ2n) is 6.02. The summed E-state index contributed by atoms with van der Waals surface area (Å²) in [6.45, 7) is 4.10. The van der Waals surface area contributed by atoms with Gasteiger partial charge < -0.3 is 5.73 Å². The average molecular weight is 354 g/mol. The first kappa shape index (κ1) is 17.5. The summed E-state index contributed by atoms with van der Waals surface area (Å²) in [6.07, 6.45) is 12.9. The molecule has 0 aliphatic carbocycles. The molecule has 1 aliphatic heterocycles. The summed E-state index contributed by atoms with van der Waals surface area (Å²) in [4.78, 5) is 9.19. The molecular weight excluding hydrogens is 332 g/mol. The fourth-order valence-electron chi connectivity index (χ4n) is 3.20. The van der Waals surface area contributed by atoms with Crippen molar-refractivity contribution in [1.82, 2.24) is 18.9 Å². The number of aryl methyl sites for hydroxylation is 1. The van der Waals surface area contributed by atoms with Crippen molar-refractivity contribution in [2.24, 2.45) is 10.7 Å². The minimum Gasteiger partial charge on any atom is -0.404 e. The van der Waals surface area contributed by atoms with Gasteiger partial charge in [0.25, 0.3) is 0 Å². The molecule has 0 atom stereocenters. The third kappa shape index (κ3) is 3.70. The van der Waals surface area contributed by atoms with Crippen LogP contribution in [-0.2, 0) is 0 Å². The van der Waals surface area contributed by atoms with Gasteiger partial charge in [0.2, 0.25) is 0 Å². The molecule has 0 amide bonds. The van der Waals surface area contributed by atoms with Gasteiger partial charge in [0, 0.05) is 32.5 Å². The number of terminal acetylenes is 1. The van der Waals surface area contributed by atoms with Gasteiger partial charge in [-0.2, -0.15) is 5.10 Å². The van der Waals surface area contributed by atoms with Crippen LogP contribution in [0.15, 0.2) is 34.7 Å². The van der Waals surface area contributed by atoms with Crippen LogP contribution in [0.5, 0.6) is 0 Å². The van der Waals surface area contributed by atoms with Gasteiger partial charge in [-0.25, -0.2) is 13.8 Å². The molecule has 1 fully saturated rings. The number of fused-ring (bicyclic) bond motifs is 1. The zero-order valence-corrected chi connectivity index (χ0v) is 15.3. The lowest BCUT2D eigenvalue weighted by Crippen LogP contribution is -2.28. The molecule has 3 heterocycles. The third-order valence-electron chi connectivity index (χ3n) is 4.53. The standard InChI is InChI=1S/C18H22N6S/c1-4-16(20-3)17(10-19)25-23-7-5-14(6-8-23)15-11-24-18(9-13(15)2)21-12-22-24/h1,9-12,14H,5-8,19H2,2-3H3. The molecule has 2 N–H and O–H groups in total. The fourth-order valence-corrected chi connectivity index (χ4v) is 4.16. The highest BCUT2D eigenvalue weighted by atomic mass is 32.2. The number of hydrogen-bond donors (Lipinski definition) is 1. The van der Waals surface area contributed by atoms with Crippen LogP contribution in [0.2, 0.25) is 0 Å². The molecule has 2 aromatic heterocycles. The van der Waals surface area contributed by atoms with E-state index < -0.39 is 0 Å². The highest BCUT2D eigenvalue weighted by molar-refractivity contribution is 8.01. The van der Waals surface area contributed by atoms with E-state index in [0.717, 1.165) is 36.5 Å². The van der Waals surface area contributed by atoms with Crippen molar-refractivity contribution in [3.05, 3.63) is 40.8 Å². The van der Waals surface area contributed by atoms with E-state index in [1.807, 2.05) is 4.52 Å². The van der Waals surface area contributed by atoms with Crippen molar-refractivity contribution in [3.8, 4) is 12.3 Å². The number of aliphatic imine (C=N–C) groups is 1. The lowest BCUT2D eigenvalue weighted by Gasteiger charge is -2.32. The Labute approximate surface area is 152 Å². The smallest absolute Gasteiger partial charge is 0.155 e. The summed E-state index contributed by atoms with van der Waals surface area (Å²) >= 11 is 1.60. The summed E-state index contributed by atoms with van der Waals surface area (Å²) in [5.74, 6) is 3.12. The molecule has 0 bridgehead atoms. The van der Waals surface area contributed by atoms with Gasteiger partial charge in [-0.05, 0) is 60.7 Å². The van der Waals surface area contributed by atoms with Crippen molar-refractivity contribution < 1.29 is 0 Å². The zero-order chi connectivity index (χ0) is 17.8. The van der Waals surface area contributed by atoms with Gasteiger partial charge >= 0.3 is 0 Å². The molecule has 3 rings (SSSR count). The van der Waals surface area contributed by atoms with Crippen molar-refractivity contribution in [1.29, 1.82) is 0 Å². The Morgan fingerprint density at radius 1 is 1.48 bits per heavy atom. The van der Waals surface area contributed by atoms with Crippen molar-refractivity contribution in [2.75, 3.05) is 20.1 Å². The molecule has 0 unspecified atom stereocenters. The SMILES string of the molecule is C#CC(=NC)C(=CN)SN1CCC(c2cn3ncnc3cc2C)CC1. The maximum Gasteiger partial charge on any atom is 0.155 e. The van der Waals surface area contributed by atoms with Crippen LogP contribution in [-0.4, -0.2) is 44.8 Å². The molecule has 1 aliphatic rings. The molecular formula is C18H22N6S. The Bertz CT molecular complexity index is 852. The van der Waals surface area contributed by atoms with Crippen LogP contribution < -0.4 is 5.73 Å². The Morgan fingerprint density at radius 2 is 2.24 bits per heavy atom. The number of allylic oxidation sites excluding steroid dienone is 1. The number of pyridine rings is 1. The molecule has 0 spiro atoms. The number of rotatable bonds is 4. The number of hydrogen-bond acceptors (Lipinski definition) is 6. The first-order valence-electron chi connectivity index (χ1n) is 8.24. The van der Waals surface area contributed by atoms with Gasteiger partial charge in [0.15, 0.2) is 5.65 Å². The molecule has 0 saturated carbocycles. The second-order valence-corrected chi connectivity index (χ2v) is 7.16. The molecule has 0 aromatic carbocycles. The van der Waals surface area contributed by atoms with E-state index in [-0.39, 0.29) is 0 Å². The van der Waals surface area contributed by atoms with Crippen molar-refractivity contribution in [3.63, 3.8) is 0 Å². The van der Waals surface area contributed by atoms with Crippen LogP contribution in [0.4, 0.5) is 0 Å². The highest BCUT2D eigenvalue weighted by Gasteiger charge is 2.24. The Balaban J connectivity index is 1.67. The van der Waals surface area contributed by atoms with E-state index in [9.17, 15) is 0 Å². The molecule has 130 valence electrons. The van der Waals surface area contributed by atoms with E-state index in [2.05, 4.69) is 44.5 Å². The Morgan fingerprint density at radius 3 is 2.88 bits per heavy atom. The summed E-state index contributed by atoms with van der Waals surface area (Å²) in [7, 11) is 1.69.